The van der Waals surface area contributed by atoms with E-state index in [1.807, 2.05) is 36.4 Å². The number of hydrogen-bond acceptors (Lipinski definition) is 4. The van der Waals surface area contributed by atoms with Gasteiger partial charge in [0.1, 0.15) is 11.5 Å². The van der Waals surface area contributed by atoms with E-state index in [-0.39, 0.29) is 17.4 Å². The second-order valence-corrected chi connectivity index (χ2v) is 15.5. The van der Waals surface area contributed by atoms with E-state index in [9.17, 15) is 5.26 Å². The van der Waals surface area contributed by atoms with Gasteiger partial charge in [-0.1, -0.05) is 154 Å². The summed E-state index contributed by atoms with van der Waals surface area (Å²) in [6.07, 6.45) is 0.845. The molecule has 10 rings (SSSR count). The molecule has 0 spiro atoms. The van der Waals surface area contributed by atoms with E-state index in [0.29, 0.717) is 5.56 Å². The number of hydrogen-bond donors (Lipinski definition) is 0. The molecule has 4 heteroatoms. The highest BCUT2D eigenvalue weighted by atomic mass is 16.5. The second-order valence-electron chi connectivity index (χ2n) is 15.5. The first kappa shape index (κ1) is 33.7. The third-order valence-corrected chi connectivity index (χ3v) is 12.0. The van der Waals surface area contributed by atoms with E-state index in [4.69, 9.17) is 14.7 Å². The Kier molecular flexibility index (Phi) is 7.94. The lowest BCUT2D eigenvalue weighted by atomic mass is 9.73. The summed E-state index contributed by atoms with van der Waals surface area (Å²) < 4.78 is 6.80. The molecule has 0 fully saturated rings. The summed E-state index contributed by atoms with van der Waals surface area (Å²) in [4.78, 5) is 10.8. The molecule has 2 unspecified atom stereocenters. The molecular formula is C52H39N3O. The lowest BCUT2D eigenvalue weighted by Gasteiger charge is -2.37. The van der Waals surface area contributed by atoms with Crippen LogP contribution < -0.4 is 4.74 Å². The van der Waals surface area contributed by atoms with Gasteiger partial charge in [-0.3, -0.25) is 4.99 Å². The Labute approximate surface area is 327 Å². The first-order valence-electron chi connectivity index (χ1n) is 19.4. The molecule has 2 atom stereocenters. The average Bonchev–Trinajstić information content (AvgIpc) is 3.26. The Morgan fingerprint density at radius 1 is 0.589 bits per heavy atom. The molecule has 2 aliphatic rings. The van der Waals surface area contributed by atoms with Crippen LogP contribution >= 0.6 is 0 Å². The zero-order valence-electron chi connectivity index (χ0n) is 31.6. The van der Waals surface area contributed by atoms with Gasteiger partial charge in [0.2, 0.25) is 0 Å². The molecule has 0 saturated heterocycles. The average molecular weight is 722 g/mol. The Balaban J connectivity index is 1.07. The van der Waals surface area contributed by atoms with Gasteiger partial charge in [-0.2, -0.15) is 5.26 Å². The quantitative estimate of drug-likeness (QED) is 0.166. The molecule has 0 aromatic heterocycles. The highest BCUT2D eigenvalue weighted by Gasteiger charge is 2.40. The summed E-state index contributed by atoms with van der Waals surface area (Å²) in [5.41, 5.74) is 8.86. The van der Waals surface area contributed by atoms with E-state index >= 15 is 0 Å². The predicted molar refractivity (Wildman–Crippen MR) is 230 cm³/mol. The molecule has 0 N–H and O–H groups in total. The second kappa shape index (κ2) is 13.2. The lowest BCUT2D eigenvalue weighted by molar-refractivity contribution is 0.402. The van der Waals surface area contributed by atoms with Crippen molar-refractivity contribution in [1.29, 1.82) is 5.26 Å². The fourth-order valence-corrected chi connectivity index (χ4v) is 9.05. The van der Waals surface area contributed by atoms with Crippen LogP contribution in [-0.2, 0) is 5.41 Å². The first-order valence-corrected chi connectivity index (χ1v) is 19.4. The molecule has 0 amide bonds. The van der Waals surface area contributed by atoms with Crippen LogP contribution in [0.1, 0.15) is 66.6 Å². The zero-order chi connectivity index (χ0) is 38.0. The van der Waals surface area contributed by atoms with Crippen LogP contribution in [0.3, 0.4) is 0 Å². The van der Waals surface area contributed by atoms with Crippen molar-refractivity contribution in [2.45, 2.75) is 38.6 Å². The van der Waals surface area contributed by atoms with Crippen LogP contribution in [0.4, 0.5) is 0 Å². The van der Waals surface area contributed by atoms with E-state index < -0.39 is 0 Å². The van der Waals surface area contributed by atoms with Crippen molar-refractivity contribution in [1.82, 2.24) is 0 Å². The Morgan fingerprint density at radius 3 is 1.89 bits per heavy atom. The Morgan fingerprint density at radius 2 is 1.21 bits per heavy atom. The van der Waals surface area contributed by atoms with Crippen LogP contribution in [-0.4, -0.2) is 11.5 Å². The zero-order valence-corrected chi connectivity index (χ0v) is 31.6. The number of ether oxygens (including phenoxy) is 1. The molecule has 2 aliphatic heterocycles. The minimum Gasteiger partial charge on any atom is -0.456 e. The molecule has 0 saturated carbocycles. The lowest BCUT2D eigenvalue weighted by Crippen LogP contribution is -2.30. The fourth-order valence-electron chi connectivity index (χ4n) is 9.05. The number of benzene rings is 8. The Bertz CT molecular complexity index is 2930. The van der Waals surface area contributed by atoms with Gasteiger partial charge in [0.25, 0.3) is 0 Å². The summed E-state index contributed by atoms with van der Waals surface area (Å²) in [6, 6.07) is 57.8. The van der Waals surface area contributed by atoms with Gasteiger partial charge in [-0.25, -0.2) is 4.99 Å². The number of aliphatic imine (C=N–C) groups is 2. The molecule has 0 aliphatic carbocycles. The molecule has 4 nitrogen and oxygen atoms in total. The van der Waals surface area contributed by atoms with Crippen molar-refractivity contribution < 1.29 is 4.74 Å². The smallest absolute Gasteiger partial charge is 0.155 e. The highest BCUT2D eigenvalue weighted by molar-refractivity contribution is 6.25. The van der Waals surface area contributed by atoms with E-state index in [1.165, 1.54) is 37.9 Å². The SMILES string of the molecule is CCC1C(c2ccc(-c3ccc4c5ccccc5c5ccccc5c4c3)cc2)=NC(c2ccccc2)=NC1c1cccc2c1Oc1ccc(C#N)cc1C2(C)C. The van der Waals surface area contributed by atoms with E-state index in [2.05, 4.69) is 148 Å². The first-order chi connectivity index (χ1) is 27.4. The summed E-state index contributed by atoms with van der Waals surface area (Å²) in [5, 5.41) is 17.3. The third kappa shape index (κ3) is 5.34. The minimum atomic E-state index is -0.372. The Hall–Kier alpha value is -6.83. The van der Waals surface area contributed by atoms with Gasteiger partial charge in [0, 0.05) is 33.6 Å². The van der Waals surface area contributed by atoms with Crippen molar-refractivity contribution in [2.24, 2.45) is 15.9 Å². The maximum atomic E-state index is 9.67. The maximum Gasteiger partial charge on any atom is 0.155 e. The maximum absolute atomic E-state index is 9.67. The number of amidine groups is 1. The number of rotatable bonds is 5. The largest absolute Gasteiger partial charge is 0.456 e. The molecular weight excluding hydrogens is 683 g/mol. The minimum absolute atomic E-state index is 0.00852. The molecule has 8 aromatic rings. The molecule has 2 heterocycles. The van der Waals surface area contributed by atoms with E-state index in [0.717, 1.165) is 62.8 Å². The molecule has 8 aromatic carbocycles. The number of para-hydroxylation sites is 1. The topological polar surface area (TPSA) is 57.7 Å². The van der Waals surface area contributed by atoms with Crippen molar-refractivity contribution in [3.63, 3.8) is 0 Å². The normalized spacial score (nSPS) is 17.0. The predicted octanol–water partition coefficient (Wildman–Crippen LogP) is 13.1. The van der Waals surface area contributed by atoms with Crippen LogP contribution in [0.15, 0.2) is 168 Å². The summed E-state index contributed by atoms with van der Waals surface area (Å²) in [6.45, 7) is 6.65. The van der Waals surface area contributed by atoms with Gasteiger partial charge >= 0.3 is 0 Å². The van der Waals surface area contributed by atoms with Crippen LogP contribution in [0.25, 0.3) is 43.4 Å². The van der Waals surface area contributed by atoms with Gasteiger partial charge in [-0.05, 0) is 79.7 Å². The van der Waals surface area contributed by atoms with Crippen molar-refractivity contribution in [3.8, 4) is 28.7 Å². The van der Waals surface area contributed by atoms with Gasteiger partial charge in [0.15, 0.2) is 5.84 Å². The fraction of sp³-hybridized carbons (Fsp3) is 0.135. The monoisotopic (exact) mass is 721 g/mol. The highest BCUT2D eigenvalue weighted by Crippen LogP contribution is 2.52. The van der Waals surface area contributed by atoms with Gasteiger partial charge in [-0.15, -0.1) is 0 Å². The van der Waals surface area contributed by atoms with Gasteiger partial charge < -0.3 is 4.74 Å². The van der Waals surface area contributed by atoms with E-state index in [1.54, 1.807) is 0 Å². The molecule has 0 radical (unpaired) electrons. The van der Waals surface area contributed by atoms with Crippen LogP contribution in [0.2, 0.25) is 0 Å². The summed E-state index contributed by atoms with van der Waals surface area (Å²) in [5.74, 6) is 2.36. The third-order valence-electron chi connectivity index (χ3n) is 12.0. The van der Waals surface area contributed by atoms with Crippen molar-refractivity contribution >= 4 is 43.9 Å². The number of fused-ring (bicyclic) bond motifs is 8. The molecule has 0 bridgehead atoms. The number of nitriles is 1. The summed E-state index contributed by atoms with van der Waals surface area (Å²) >= 11 is 0. The standard InChI is InChI=1S/C52H39N3O/c1-4-37-48(34-24-22-33(23-25-34)36-26-27-42-40-17-9-8-15-38(40)39-16-10-11-18-41(39)44(42)30-36)54-51(35-13-6-5-7-14-35)55-49(37)43-19-12-20-45-50(43)56-47-28-21-32(31-53)29-46(47)52(45,2)3/h5-30,37,49H,4H2,1-3H3. The van der Waals surface area contributed by atoms with Crippen molar-refractivity contribution in [3.05, 3.63) is 191 Å². The van der Waals surface area contributed by atoms with Crippen LogP contribution in [0, 0.1) is 17.2 Å². The van der Waals surface area contributed by atoms with Gasteiger partial charge in [0.05, 0.1) is 23.4 Å². The molecule has 268 valence electrons. The molecule has 56 heavy (non-hydrogen) atoms. The van der Waals surface area contributed by atoms with Crippen molar-refractivity contribution in [2.75, 3.05) is 0 Å². The summed E-state index contributed by atoms with van der Waals surface area (Å²) in [7, 11) is 0. The number of nitrogens with zero attached hydrogens (tertiary/aromatic N) is 3. The van der Waals surface area contributed by atoms with Crippen LogP contribution in [0.5, 0.6) is 11.5 Å².